The van der Waals surface area contributed by atoms with E-state index in [1.165, 1.54) is 19.3 Å². The Morgan fingerprint density at radius 1 is 1.00 bits per heavy atom. The van der Waals surface area contributed by atoms with Crippen LogP contribution in [0, 0.1) is 0 Å². The Kier molecular flexibility index (Phi) is 7.18. The van der Waals surface area contributed by atoms with Crippen molar-refractivity contribution in [3.05, 3.63) is 48.0 Å². The maximum Gasteiger partial charge on any atom is 0.255 e. The van der Waals surface area contributed by atoms with Crippen molar-refractivity contribution >= 4 is 17.3 Å². The zero-order chi connectivity index (χ0) is 19.8. The van der Waals surface area contributed by atoms with Crippen LogP contribution in [-0.4, -0.2) is 32.2 Å². The highest BCUT2D eigenvalue weighted by Gasteiger charge is 2.14. The maximum atomic E-state index is 12.8. The minimum absolute atomic E-state index is 0.154. The molecule has 0 aromatic heterocycles. The molecule has 0 bridgehead atoms. The number of rotatable bonds is 8. The van der Waals surface area contributed by atoms with Gasteiger partial charge < -0.3 is 19.7 Å². The molecule has 0 atom stereocenters. The van der Waals surface area contributed by atoms with Gasteiger partial charge in [0.15, 0.2) is 11.5 Å². The van der Waals surface area contributed by atoms with Gasteiger partial charge in [0.05, 0.1) is 13.2 Å². The maximum absolute atomic E-state index is 12.8. The van der Waals surface area contributed by atoms with Crippen LogP contribution in [-0.2, 0) is 0 Å². The topological polar surface area (TPSA) is 50.8 Å². The van der Waals surface area contributed by atoms with Crippen LogP contribution in [0.1, 0.15) is 49.9 Å². The second-order valence-electron chi connectivity index (χ2n) is 7.00. The molecule has 0 unspecified atom stereocenters. The zero-order valence-corrected chi connectivity index (χ0v) is 16.9. The molecule has 1 amide bonds. The number of hydrogen-bond donors (Lipinski definition) is 1. The number of carbonyl (C=O) groups is 1. The monoisotopic (exact) mass is 382 g/mol. The number of benzene rings is 2. The van der Waals surface area contributed by atoms with Crippen molar-refractivity contribution in [2.45, 2.75) is 39.5 Å². The van der Waals surface area contributed by atoms with Gasteiger partial charge in [0.1, 0.15) is 0 Å². The number of anilines is 2. The molecule has 0 aliphatic carbocycles. The summed E-state index contributed by atoms with van der Waals surface area (Å²) in [6.45, 7) is 7.27. The third-order valence-corrected chi connectivity index (χ3v) is 4.79. The van der Waals surface area contributed by atoms with Crippen molar-refractivity contribution in [2.75, 3.05) is 36.5 Å². The number of carbonyl (C=O) groups excluding carboxylic acids is 1. The fraction of sp³-hybridized carbons (Fsp3) is 0.435. The van der Waals surface area contributed by atoms with Gasteiger partial charge in [0, 0.05) is 30.0 Å². The molecule has 0 saturated carbocycles. The highest BCUT2D eigenvalue weighted by molar-refractivity contribution is 6.04. The van der Waals surface area contributed by atoms with Crippen molar-refractivity contribution in [2.24, 2.45) is 0 Å². The number of hydrogen-bond acceptors (Lipinski definition) is 4. The van der Waals surface area contributed by atoms with E-state index < -0.39 is 0 Å². The molecule has 3 rings (SSSR count). The predicted octanol–water partition coefficient (Wildman–Crippen LogP) is 5.12. The van der Waals surface area contributed by atoms with Crippen LogP contribution in [0.2, 0.25) is 0 Å². The number of amides is 1. The molecule has 1 aliphatic heterocycles. The molecule has 2 aromatic rings. The first kappa shape index (κ1) is 20.1. The summed E-state index contributed by atoms with van der Waals surface area (Å²) in [6, 6.07) is 13.4. The van der Waals surface area contributed by atoms with Crippen molar-refractivity contribution in [1.29, 1.82) is 0 Å². The second-order valence-corrected chi connectivity index (χ2v) is 7.00. The van der Waals surface area contributed by atoms with Crippen LogP contribution in [0.25, 0.3) is 0 Å². The second kappa shape index (κ2) is 10.0. The highest BCUT2D eigenvalue weighted by Crippen LogP contribution is 2.29. The molecule has 1 saturated heterocycles. The first-order chi connectivity index (χ1) is 13.7. The molecule has 0 spiro atoms. The van der Waals surface area contributed by atoms with Gasteiger partial charge in [0.25, 0.3) is 5.91 Å². The molecule has 2 aromatic carbocycles. The Hall–Kier alpha value is -2.69. The van der Waals surface area contributed by atoms with Gasteiger partial charge in [-0.25, -0.2) is 0 Å². The van der Waals surface area contributed by atoms with E-state index in [4.69, 9.17) is 9.47 Å². The normalized spacial score (nSPS) is 13.9. The van der Waals surface area contributed by atoms with Crippen molar-refractivity contribution in [3.63, 3.8) is 0 Å². The van der Waals surface area contributed by atoms with E-state index in [9.17, 15) is 4.79 Å². The van der Waals surface area contributed by atoms with E-state index >= 15 is 0 Å². The van der Waals surface area contributed by atoms with E-state index in [2.05, 4.69) is 23.2 Å². The lowest BCUT2D eigenvalue weighted by molar-refractivity contribution is 0.102. The summed E-state index contributed by atoms with van der Waals surface area (Å²) >= 11 is 0. The largest absolute Gasteiger partial charge is 0.490 e. The third-order valence-electron chi connectivity index (χ3n) is 4.79. The Balaban J connectivity index is 1.72. The first-order valence-corrected chi connectivity index (χ1v) is 10.3. The number of nitrogens with zero attached hydrogens (tertiary/aromatic N) is 1. The van der Waals surface area contributed by atoms with Crippen molar-refractivity contribution in [1.82, 2.24) is 0 Å². The smallest absolute Gasteiger partial charge is 0.255 e. The van der Waals surface area contributed by atoms with Gasteiger partial charge in [-0.3, -0.25) is 4.79 Å². The van der Waals surface area contributed by atoms with Crippen molar-refractivity contribution < 1.29 is 14.3 Å². The summed E-state index contributed by atoms with van der Waals surface area (Å²) in [5.41, 5.74) is 2.52. The fourth-order valence-corrected chi connectivity index (χ4v) is 3.38. The highest BCUT2D eigenvalue weighted by atomic mass is 16.5. The average Bonchev–Trinajstić information content (AvgIpc) is 2.74. The summed E-state index contributed by atoms with van der Waals surface area (Å²) in [5, 5.41) is 3.01. The van der Waals surface area contributed by atoms with Crippen LogP contribution < -0.4 is 19.7 Å². The predicted molar refractivity (Wildman–Crippen MR) is 114 cm³/mol. The standard InChI is InChI=1S/C23H30N2O3/c1-3-15-28-21-12-11-18(16-22(21)27-4-2)23(26)24-19-9-8-10-20(17-19)25-13-6-5-7-14-25/h8-12,16-17H,3-7,13-15H2,1-2H3,(H,24,26). The summed E-state index contributed by atoms with van der Waals surface area (Å²) in [7, 11) is 0. The van der Waals surface area contributed by atoms with Crippen LogP contribution in [0.15, 0.2) is 42.5 Å². The molecular formula is C23H30N2O3. The molecule has 150 valence electrons. The minimum atomic E-state index is -0.154. The van der Waals surface area contributed by atoms with Crippen molar-refractivity contribution in [3.8, 4) is 11.5 Å². The summed E-state index contributed by atoms with van der Waals surface area (Å²) in [4.78, 5) is 15.1. The van der Waals surface area contributed by atoms with Gasteiger partial charge in [0.2, 0.25) is 0 Å². The first-order valence-electron chi connectivity index (χ1n) is 10.3. The average molecular weight is 383 g/mol. The fourth-order valence-electron chi connectivity index (χ4n) is 3.38. The van der Waals surface area contributed by atoms with Gasteiger partial charge in [-0.1, -0.05) is 13.0 Å². The zero-order valence-electron chi connectivity index (χ0n) is 16.9. The molecular weight excluding hydrogens is 352 g/mol. The lowest BCUT2D eigenvalue weighted by Crippen LogP contribution is -2.29. The van der Waals surface area contributed by atoms with E-state index in [0.29, 0.717) is 30.3 Å². The third kappa shape index (κ3) is 5.18. The molecule has 5 nitrogen and oxygen atoms in total. The molecule has 1 fully saturated rings. The summed E-state index contributed by atoms with van der Waals surface area (Å²) < 4.78 is 11.4. The van der Waals surface area contributed by atoms with Crippen LogP contribution in [0.4, 0.5) is 11.4 Å². The van der Waals surface area contributed by atoms with E-state index in [1.54, 1.807) is 18.2 Å². The Labute approximate surface area is 167 Å². The SMILES string of the molecule is CCCOc1ccc(C(=O)Nc2cccc(N3CCCCC3)c2)cc1OCC. The van der Waals surface area contributed by atoms with E-state index in [1.807, 2.05) is 25.1 Å². The molecule has 1 N–H and O–H groups in total. The Bertz CT molecular complexity index is 785. The molecule has 5 heteroatoms. The Morgan fingerprint density at radius 3 is 2.57 bits per heavy atom. The minimum Gasteiger partial charge on any atom is -0.490 e. The molecule has 28 heavy (non-hydrogen) atoms. The number of nitrogens with one attached hydrogen (secondary N) is 1. The van der Waals surface area contributed by atoms with Gasteiger partial charge in [-0.2, -0.15) is 0 Å². The molecule has 1 heterocycles. The van der Waals surface area contributed by atoms with Gasteiger partial charge in [-0.05, 0) is 69.0 Å². The number of ether oxygens (including phenoxy) is 2. The quantitative estimate of drug-likeness (QED) is 0.689. The molecule has 1 aliphatic rings. The number of piperidine rings is 1. The lowest BCUT2D eigenvalue weighted by atomic mass is 10.1. The van der Waals surface area contributed by atoms with E-state index in [0.717, 1.165) is 30.9 Å². The summed E-state index contributed by atoms with van der Waals surface area (Å²) in [6.07, 6.45) is 4.67. The Morgan fingerprint density at radius 2 is 1.82 bits per heavy atom. The van der Waals surface area contributed by atoms with Gasteiger partial charge in [-0.15, -0.1) is 0 Å². The van der Waals surface area contributed by atoms with E-state index in [-0.39, 0.29) is 5.91 Å². The molecule has 0 radical (unpaired) electrons. The van der Waals surface area contributed by atoms with Crippen LogP contribution in [0.5, 0.6) is 11.5 Å². The van der Waals surface area contributed by atoms with Crippen LogP contribution in [0.3, 0.4) is 0 Å². The van der Waals surface area contributed by atoms with Crippen LogP contribution >= 0.6 is 0 Å². The lowest BCUT2D eigenvalue weighted by Gasteiger charge is -2.29. The van der Waals surface area contributed by atoms with Gasteiger partial charge >= 0.3 is 0 Å². The summed E-state index contributed by atoms with van der Waals surface area (Å²) in [5.74, 6) is 1.12.